The number of H-pyrrole nitrogens is 1. The molecule has 37 heavy (non-hydrogen) atoms. The molecule has 0 atom stereocenters. The first-order valence-corrected chi connectivity index (χ1v) is 13.3. The number of amides is 2. The predicted molar refractivity (Wildman–Crippen MR) is 147 cm³/mol. The van der Waals surface area contributed by atoms with Crippen LogP contribution in [-0.4, -0.2) is 81.3 Å². The van der Waals surface area contributed by atoms with Gasteiger partial charge in [0.05, 0.1) is 12.1 Å². The zero-order valence-corrected chi connectivity index (χ0v) is 23.7. The fourth-order valence-electron chi connectivity index (χ4n) is 4.44. The van der Waals surface area contributed by atoms with Gasteiger partial charge in [-0.25, -0.2) is 5.90 Å². The Bertz CT molecular complexity index is 1080. The maximum atomic E-state index is 12.4. The molecule has 1 aromatic carbocycles. The number of piperazine rings is 1. The van der Waals surface area contributed by atoms with E-state index in [0.29, 0.717) is 32.7 Å². The molecule has 0 unspecified atom stereocenters. The number of aromatic nitrogens is 1. The van der Waals surface area contributed by atoms with Gasteiger partial charge in [0.1, 0.15) is 17.1 Å². The van der Waals surface area contributed by atoms with E-state index in [1.54, 1.807) is 4.90 Å². The molecule has 1 aliphatic rings. The molecule has 0 bridgehead atoms. The summed E-state index contributed by atoms with van der Waals surface area (Å²) in [7, 11) is 0. The summed E-state index contributed by atoms with van der Waals surface area (Å²) in [6.45, 7) is 16.2. The van der Waals surface area contributed by atoms with E-state index in [2.05, 4.69) is 61.6 Å². The van der Waals surface area contributed by atoms with E-state index in [0.717, 1.165) is 17.5 Å². The minimum Gasteiger partial charge on any atom is -0.870 e. The molecule has 1 saturated heterocycles. The predicted octanol–water partition coefficient (Wildman–Crippen LogP) is 1.91. The average molecular weight is 538 g/mol. The lowest BCUT2D eigenvalue weighted by Crippen LogP contribution is -2.51. The summed E-state index contributed by atoms with van der Waals surface area (Å²) in [4.78, 5) is 35.9. The number of nitrogens with zero attached hydrogens (tertiary/aromatic N) is 2. The maximum Gasteiger partial charge on any atom is 0.248 e. The van der Waals surface area contributed by atoms with Crippen molar-refractivity contribution in [1.29, 1.82) is 0 Å². The van der Waals surface area contributed by atoms with Crippen LogP contribution in [0.1, 0.15) is 52.7 Å². The molecule has 6 N–H and O–H groups in total. The SMILES string of the molecule is CC(C)(C)Cc1c([SH+]C(C)(C)C)[nH]c2c(CN3CCN(C(=O)CNC(=O)CON)CC3)c(O)ccc12.[OH-]. The number of carbonyl (C=O) groups excluding carboxylic acids is 2. The number of nitrogens with one attached hydrogen (secondary N) is 2. The van der Waals surface area contributed by atoms with Crippen molar-refractivity contribution < 1.29 is 25.0 Å². The standard InChI is InChI=1S/C26H41N5O4S.H2O/c1-25(2,3)13-18-17-7-8-20(32)19(23(17)29-24(18)36-26(4,5)6)15-30-9-11-31(12-10-30)22(34)14-28-21(33)16-35-27;/h7-8,29,32H,9-16,27H2,1-6H3,(H,28,33);1H2. The summed E-state index contributed by atoms with van der Waals surface area (Å²) in [5.74, 6) is 4.62. The highest BCUT2D eigenvalue weighted by molar-refractivity contribution is 7.80. The van der Waals surface area contributed by atoms with Crippen LogP contribution < -0.4 is 11.2 Å². The Kier molecular flexibility index (Phi) is 10.4. The Morgan fingerprint density at radius 1 is 1.11 bits per heavy atom. The van der Waals surface area contributed by atoms with E-state index < -0.39 is 5.91 Å². The minimum atomic E-state index is -0.421. The first-order chi connectivity index (χ1) is 16.8. The number of hydrogen-bond acceptors (Lipinski definition) is 7. The molecule has 2 heterocycles. The van der Waals surface area contributed by atoms with Gasteiger partial charge >= 0.3 is 0 Å². The Morgan fingerprint density at radius 3 is 2.32 bits per heavy atom. The van der Waals surface area contributed by atoms with Crippen LogP contribution in [0.2, 0.25) is 0 Å². The van der Waals surface area contributed by atoms with Crippen molar-refractivity contribution in [3.05, 3.63) is 23.3 Å². The highest BCUT2D eigenvalue weighted by atomic mass is 32.2. The summed E-state index contributed by atoms with van der Waals surface area (Å²) in [5, 5.41) is 15.7. The molecule has 1 fully saturated rings. The number of phenols is 1. The van der Waals surface area contributed by atoms with Gasteiger partial charge in [0.2, 0.25) is 16.8 Å². The van der Waals surface area contributed by atoms with Crippen LogP contribution in [0, 0.1) is 5.41 Å². The van der Waals surface area contributed by atoms with Gasteiger partial charge in [-0.2, -0.15) is 0 Å². The Morgan fingerprint density at radius 2 is 1.76 bits per heavy atom. The van der Waals surface area contributed by atoms with Crippen molar-refractivity contribution in [2.45, 2.75) is 64.3 Å². The fraction of sp³-hybridized carbons (Fsp3) is 0.615. The van der Waals surface area contributed by atoms with Crippen LogP contribution in [0.15, 0.2) is 17.2 Å². The van der Waals surface area contributed by atoms with Crippen LogP contribution in [0.25, 0.3) is 10.9 Å². The van der Waals surface area contributed by atoms with Gasteiger partial charge in [-0.05, 0) is 44.7 Å². The summed E-state index contributed by atoms with van der Waals surface area (Å²) in [6.07, 6.45) is 0.949. The molecule has 1 aromatic heterocycles. The number of thiol groups is 1. The number of carbonyl (C=O) groups is 2. The highest BCUT2D eigenvalue weighted by Crippen LogP contribution is 2.37. The molecular formula is C26H43N5O5S. The van der Waals surface area contributed by atoms with Gasteiger partial charge in [-0.3, -0.25) is 19.3 Å². The third-order valence-corrected chi connectivity index (χ3v) is 7.33. The van der Waals surface area contributed by atoms with E-state index in [9.17, 15) is 14.7 Å². The normalized spacial score (nSPS) is 15.1. The molecule has 3 rings (SSSR count). The van der Waals surface area contributed by atoms with E-state index in [-0.39, 0.29) is 40.4 Å². The molecule has 0 saturated carbocycles. The molecule has 10 nitrogen and oxygen atoms in total. The van der Waals surface area contributed by atoms with Gasteiger partial charge in [0, 0.05) is 61.0 Å². The average Bonchev–Trinajstić information content (AvgIpc) is 3.08. The minimum absolute atomic E-state index is 0. The van der Waals surface area contributed by atoms with E-state index in [1.807, 2.05) is 12.1 Å². The Balaban J connectivity index is 0.00000481. The van der Waals surface area contributed by atoms with Gasteiger partial charge in [0.25, 0.3) is 0 Å². The van der Waals surface area contributed by atoms with Gasteiger partial charge in [0.15, 0.2) is 0 Å². The highest BCUT2D eigenvalue weighted by Gasteiger charge is 2.31. The van der Waals surface area contributed by atoms with Crippen molar-refractivity contribution in [3.8, 4) is 5.75 Å². The summed E-state index contributed by atoms with van der Waals surface area (Å²) >= 11 is 1.23. The Hall–Kier alpha value is -2.31. The lowest BCUT2D eigenvalue weighted by atomic mass is 9.88. The zero-order chi connectivity index (χ0) is 26.7. The van der Waals surface area contributed by atoms with Crippen LogP contribution in [0.3, 0.4) is 0 Å². The first kappa shape index (κ1) is 30.9. The smallest absolute Gasteiger partial charge is 0.248 e. The molecule has 208 valence electrons. The van der Waals surface area contributed by atoms with Gasteiger partial charge in [-0.15, -0.1) is 0 Å². The molecular weight excluding hydrogens is 494 g/mol. The lowest BCUT2D eigenvalue weighted by Gasteiger charge is -2.35. The molecule has 1 aliphatic heterocycles. The summed E-state index contributed by atoms with van der Waals surface area (Å²) < 4.78 is 0.107. The van der Waals surface area contributed by atoms with Crippen molar-refractivity contribution in [2.75, 3.05) is 39.3 Å². The number of aromatic hydroxyl groups is 1. The third-order valence-electron chi connectivity index (χ3n) is 6.05. The van der Waals surface area contributed by atoms with Crippen molar-refractivity contribution in [3.63, 3.8) is 0 Å². The molecule has 11 heteroatoms. The largest absolute Gasteiger partial charge is 0.870 e. The molecule has 0 spiro atoms. The van der Waals surface area contributed by atoms with E-state index >= 15 is 0 Å². The second-order valence-electron chi connectivity index (χ2n) is 11.7. The Labute approximate surface area is 223 Å². The number of aromatic amines is 1. The number of phenolic OH excluding ortho intramolecular Hbond substituents is 1. The van der Waals surface area contributed by atoms with Crippen molar-refractivity contribution >= 4 is 34.5 Å². The summed E-state index contributed by atoms with van der Waals surface area (Å²) in [5.41, 5.74) is 3.36. The van der Waals surface area contributed by atoms with Crippen LogP contribution >= 0.6 is 0 Å². The van der Waals surface area contributed by atoms with E-state index in [4.69, 9.17) is 5.90 Å². The van der Waals surface area contributed by atoms with Crippen LogP contribution in [-0.2, 0) is 39.2 Å². The third kappa shape index (κ3) is 8.61. The topological polar surface area (TPSA) is 154 Å². The zero-order valence-electron chi connectivity index (χ0n) is 22.8. The molecule has 2 amide bonds. The van der Waals surface area contributed by atoms with Gasteiger partial charge in [-0.1, -0.05) is 20.8 Å². The monoisotopic (exact) mass is 537 g/mol. The quantitative estimate of drug-likeness (QED) is 0.228. The second kappa shape index (κ2) is 12.5. The van der Waals surface area contributed by atoms with Crippen molar-refractivity contribution in [2.24, 2.45) is 11.3 Å². The number of nitrogens with two attached hydrogens (primary N) is 1. The number of benzene rings is 1. The van der Waals surface area contributed by atoms with Crippen molar-refractivity contribution in [1.82, 2.24) is 20.1 Å². The first-order valence-electron chi connectivity index (χ1n) is 12.4. The van der Waals surface area contributed by atoms with Gasteiger partial charge < -0.3 is 25.8 Å². The summed E-state index contributed by atoms with van der Waals surface area (Å²) in [6, 6.07) is 3.84. The lowest BCUT2D eigenvalue weighted by molar-refractivity contribution is -0.135. The van der Waals surface area contributed by atoms with Crippen LogP contribution in [0.5, 0.6) is 5.75 Å². The van der Waals surface area contributed by atoms with E-state index in [1.165, 1.54) is 27.7 Å². The molecule has 2 aromatic rings. The number of fused-ring (bicyclic) bond motifs is 1. The number of rotatable bonds is 8. The fourth-order valence-corrected chi connectivity index (χ4v) is 5.62. The molecule has 0 radical (unpaired) electrons. The maximum absolute atomic E-state index is 12.4. The second-order valence-corrected chi connectivity index (χ2v) is 13.7. The number of hydrogen-bond donors (Lipinski definition) is 4. The molecule has 0 aliphatic carbocycles. The van der Waals surface area contributed by atoms with Crippen LogP contribution in [0.4, 0.5) is 0 Å².